The van der Waals surface area contributed by atoms with Crippen molar-refractivity contribution in [2.75, 3.05) is 6.61 Å². The van der Waals surface area contributed by atoms with E-state index in [0.717, 1.165) is 16.3 Å². The topological polar surface area (TPSA) is 9.23 Å². The van der Waals surface area contributed by atoms with E-state index in [-0.39, 0.29) is 0 Å². The van der Waals surface area contributed by atoms with Gasteiger partial charge in [0.25, 0.3) is 0 Å². The molecule has 0 fully saturated rings. The van der Waals surface area contributed by atoms with E-state index in [1.54, 1.807) is 0 Å². The van der Waals surface area contributed by atoms with Gasteiger partial charge in [0.05, 0.1) is 0 Å². The van der Waals surface area contributed by atoms with Crippen molar-refractivity contribution in [2.24, 2.45) is 0 Å². The molecule has 0 bridgehead atoms. The first-order chi connectivity index (χ1) is 5.75. The van der Waals surface area contributed by atoms with Gasteiger partial charge in [-0.05, 0) is 46.9 Å². The van der Waals surface area contributed by atoms with Gasteiger partial charge in [-0.2, -0.15) is 0 Å². The second-order valence-electron chi connectivity index (χ2n) is 2.56. The van der Waals surface area contributed by atoms with Gasteiger partial charge in [-0.1, -0.05) is 11.6 Å². The molecule has 0 amide bonds. The van der Waals surface area contributed by atoms with Crippen molar-refractivity contribution in [3.8, 4) is 5.75 Å². The van der Waals surface area contributed by atoms with Crippen LogP contribution >= 0.6 is 34.2 Å². The summed E-state index contributed by atoms with van der Waals surface area (Å²) in [5.41, 5.74) is 1.07. The molecule has 1 aromatic rings. The highest BCUT2D eigenvalue weighted by Gasteiger charge is 2.08. The second kappa shape index (κ2) is 3.26. The maximum atomic E-state index is 5.84. The predicted octanol–water partition coefficient (Wildman–Crippen LogP) is 3.51. The maximum absolute atomic E-state index is 5.84. The summed E-state index contributed by atoms with van der Waals surface area (Å²) in [5, 5.41) is 0.750. The molecule has 0 aromatic heterocycles. The molecular formula is C9H6ClIO. The summed E-state index contributed by atoms with van der Waals surface area (Å²) in [6.45, 7) is 0.676. The summed E-state index contributed by atoms with van der Waals surface area (Å²) in [4.78, 5) is 0. The quantitative estimate of drug-likeness (QED) is 0.665. The third kappa shape index (κ3) is 1.59. The largest absolute Gasteiger partial charge is 0.488 e. The summed E-state index contributed by atoms with van der Waals surface area (Å²) in [6.07, 6.45) is 2.09. The lowest BCUT2D eigenvalue weighted by molar-refractivity contribution is 0.357. The number of hydrogen-bond donors (Lipinski definition) is 0. The normalized spacial score (nSPS) is 14.7. The van der Waals surface area contributed by atoms with Crippen molar-refractivity contribution in [3.63, 3.8) is 0 Å². The molecule has 0 spiro atoms. The van der Waals surface area contributed by atoms with Gasteiger partial charge in [0.15, 0.2) is 0 Å². The van der Waals surface area contributed by atoms with Crippen molar-refractivity contribution >= 4 is 40.3 Å². The predicted molar refractivity (Wildman–Crippen MR) is 58.9 cm³/mol. The number of ether oxygens (including phenoxy) is 1. The summed E-state index contributed by atoms with van der Waals surface area (Å²) < 4.78 is 6.65. The van der Waals surface area contributed by atoms with Crippen LogP contribution in [0.1, 0.15) is 5.56 Å². The molecule has 0 N–H and O–H groups in total. The zero-order chi connectivity index (χ0) is 8.55. The van der Waals surface area contributed by atoms with E-state index < -0.39 is 0 Å². The summed E-state index contributed by atoms with van der Waals surface area (Å²) in [5.74, 6) is 0.916. The van der Waals surface area contributed by atoms with Gasteiger partial charge in [-0.3, -0.25) is 0 Å². The van der Waals surface area contributed by atoms with Crippen LogP contribution in [-0.2, 0) is 0 Å². The van der Waals surface area contributed by atoms with Crippen molar-refractivity contribution < 1.29 is 4.74 Å². The van der Waals surface area contributed by atoms with E-state index in [4.69, 9.17) is 16.3 Å². The maximum Gasteiger partial charge on any atom is 0.127 e. The van der Waals surface area contributed by atoms with E-state index >= 15 is 0 Å². The molecule has 1 aromatic carbocycles. The molecule has 1 heterocycles. The first-order valence-electron chi connectivity index (χ1n) is 3.54. The SMILES string of the molecule is Clc1ccc2c(c1)C=C(I)CO2. The molecule has 0 saturated carbocycles. The summed E-state index contributed by atoms with van der Waals surface area (Å²) in [7, 11) is 0. The van der Waals surface area contributed by atoms with Crippen LogP contribution in [0.3, 0.4) is 0 Å². The van der Waals surface area contributed by atoms with Crippen LogP contribution in [0.15, 0.2) is 21.8 Å². The van der Waals surface area contributed by atoms with Crippen LogP contribution in [0.4, 0.5) is 0 Å². The Morgan fingerprint density at radius 3 is 3.08 bits per heavy atom. The zero-order valence-corrected chi connectivity index (χ0v) is 9.09. The zero-order valence-electron chi connectivity index (χ0n) is 6.18. The fourth-order valence-electron chi connectivity index (χ4n) is 1.12. The van der Waals surface area contributed by atoms with Crippen LogP contribution in [0.25, 0.3) is 6.08 Å². The molecule has 62 valence electrons. The molecule has 12 heavy (non-hydrogen) atoms. The molecule has 0 unspecified atom stereocenters. The van der Waals surface area contributed by atoms with Crippen LogP contribution in [0, 0.1) is 0 Å². The molecule has 1 nitrogen and oxygen atoms in total. The fourth-order valence-corrected chi connectivity index (χ4v) is 1.79. The lowest BCUT2D eigenvalue weighted by Gasteiger charge is -2.14. The lowest BCUT2D eigenvalue weighted by atomic mass is 10.1. The minimum Gasteiger partial charge on any atom is -0.488 e. The van der Waals surface area contributed by atoms with E-state index in [1.807, 2.05) is 18.2 Å². The first kappa shape index (κ1) is 8.38. The molecule has 3 heteroatoms. The number of rotatable bonds is 0. The van der Waals surface area contributed by atoms with Crippen LogP contribution < -0.4 is 4.74 Å². The Morgan fingerprint density at radius 2 is 2.25 bits per heavy atom. The minimum absolute atomic E-state index is 0.676. The standard InChI is InChI=1S/C9H6ClIO/c10-7-1-2-9-6(3-7)4-8(11)5-12-9/h1-4H,5H2. The van der Waals surface area contributed by atoms with Crippen LogP contribution in [-0.4, -0.2) is 6.61 Å². The third-order valence-corrected chi connectivity index (χ3v) is 2.51. The smallest absolute Gasteiger partial charge is 0.127 e. The van der Waals surface area contributed by atoms with Crippen molar-refractivity contribution in [3.05, 3.63) is 32.4 Å². The number of benzene rings is 1. The first-order valence-corrected chi connectivity index (χ1v) is 5.00. The lowest BCUT2D eigenvalue weighted by Crippen LogP contribution is -2.02. The Kier molecular flexibility index (Phi) is 2.28. The molecule has 0 atom stereocenters. The minimum atomic E-state index is 0.676. The monoisotopic (exact) mass is 292 g/mol. The molecule has 0 saturated heterocycles. The Hall–Kier alpha value is -0.220. The summed E-state index contributed by atoms with van der Waals surface area (Å²) in [6, 6.07) is 5.65. The van der Waals surface area contributed by atoms with E-state index in [2.05, 4.69) is 28.7 Å². The highest BCUT2D eigenvalue weighted by molar-refractivity contribution is 14.1. The molecule has 0 aliphatic carbocycles. The molecule has 2 rings (SSSR count). The van der Waals surface area contributed by atoms with E-state index in [9.17, 15) is 0 Å². The van der Waals surface area contributed by atoms with Gasteiger partial charge in [0.1, 0.15) is 12.4 Å². The number of fused-ring (bicyclic) bond motifs is 1. The van der Waals surface area contributed by atoms with Crippen molar-refractivity contribution in [1.29, 1.82) is 0 Å². The van der Waals surface area contributed by atoms with Gasteiger partial charge in [0, 0.05) is 14.2 Å². The van der Waals surface area contributed by atoms with E-state index in [0.29, 0.717) is 6.61 Å². The third-order valence-electron chi connectivity index (χ3n) is 1.65. The number of halogens is 2. The Morgan fingerprint density at radius 1 is 1.42 bits per heavy atom. The van der Waals surface area contributed by atoms with Gasteiger partial charge in [-0.25, -0.2) is 0 Å². The highest BCUT2D eigenvalue weighted by Crippen LogP contribution is 2.30. The Bertz CT molecular complexity index is 346. The van der Waals surface area contributed by atoms with Crippen molar-refractivity contribution in [2.45, 2.75) is 0 Å². The van der Waals surface area contributed by atoms with Crippen LogP contribution in [0.5, 0.6) is 5.75 Å². The molecule has 1 aliphatic rings. The average molecular weight is 293 g/mol. The van der Waals surface area contributed by atoms with Gasteiger partial charge >= 0.3 is 0 Å². The van der Waals surface area contributed by atoms with Gasteiger partial charge < -0.3 is 4.74 Å². The Balaban J connectivity index is 2.53. The van der Waals surface area contributed by atoms with Gasteiger partial charge in [-0.15, -0.1) is 0 Å². The molecule has 0 radical (unpaired) electrons. The summed E-state index contributed by atoms with van der Waals surface area (Å²) >= 11 is 8.10. The second-order valence-corrected chi connectivity index (χ2v) is 4.38. The fraction of sp³-hybridized carbons (Fsp3) is 0.111. The highest BCUT2D eigenvalue weighted by atomic mass is 127. The number of hydrogen-bond acceptors (Lipinski definition) is 1. The average Bonchev–Trinajstić information content (AvgIpc) is 2.03. The Labute approximate surface area is 89.5 Å². The van der Waals surface area contributed by atoms with Crippen LogP contribution in [0.2, 0.25) is 5.02 Å². The van der Waals surface area contributed by atoms with Crippen molar-refractivity contribution in [1.82, 2.24) is 0 Å². The molecular weight excluding hydrogens is 286 g/mol. The van der Waals surface area contributed by atoms with E-state index in [1.165, 1.54) is 3.58 Å². The van der Waals surface area contributed by atoms with Gasteiger partial charge in [0.2, 0.25) is 0 Å². The molecule has 1 aliphatic heterocycles.